The molecule has 1 aliphatic rings. The van der Waals surface area contributed by atoms with Crippen molar-refractivity contribution in [3.63, 3.8) is 0 Å². The van der Waals surface area contributed by atoms with E-state index < -0.39 is 5.60 Å². The number of hydrogen-bond donors (Lipinski definition) is 1. The van der Waals surface area contributed by atoms with Crippen LogP contribution in [-0.2, 0) is 4.74 Å². The zero-order valence-corrected chi connectivity index (χ0v) is 11.9. The van der Waals surface area contributed by atoms with Gasteiger partial charge < -0.3 is 9.72 Å². The molecule has 0 spiro atoms. The fraction of sp³-hybridized carbons (Fsp3) is 0.357. The Morgan fingerprint density at radius 1 is 1.42 bits per heavy atom. The number of hydrogen-bond acceptors (Lipinski definition) is 2. The van der Waals surface area contributed by atoms with Crippen molar-refractivity contribution in [2.24, 2.45) is 0 Å². The van der Waals surface area contributed by atoms with Crippen LogP contribution >= 0.6 is 23.2 Å². The highest BCUT2D eigenvalue weighted by Gasteiger charge is 2.39. The Morgan fingerprint density at radius 2 is 2.21 bits per heavy atom. The van der Waals surface area contributed by atoms with E-state index in [4.69, 9.17) is 27.9 Å². The minimum absolute atomic E-state index is 0.0273. The molecule has 2 aromatic rings. The largest absolute Gasteiger partial charge is 0.367 e. The summed E-state index contributed by atoms with van der Waals surface area (Å²) in [4.78, 5) is 15.7. The van der Waals surface area contributed by atoms with Gasteiger partial charge in [0.05, 0.1) is 5.02 Å². The van der Waals surface area contributed by atoms with E-state index in [1.165, 1.54) is 0 Å². The van der Waals surface area contributed by atoms with Crippen molar-refractivity contribution in [2.45, 2.75) is 25.4 Å². The van der Waals surface area contributed by atoms with E-state index in [2.05, 4.69) is 4.98 Å². The molecule has 3 nitrogen and oxygen atoms in total. The number of fused-ring (bicyclic) bond motifs is 1. The Balaban J connectivity index is 2.13. The molecular formula is C14H13Cl2NO2. The Kier molecular flexibility index (Phi) is 3.08. The van der Waals surface area contributed by atoms with E-state index >= 15 is 0 Å². The summed E-state index contributed by atoms with van der Waals surface area (Å²) >= 11 is 12.2. The van der Waals surface area contributed by atoms with E-state index in [0.29, 0.717) is 27.6 Å². The van der Waals surface area contributed by atoms with Crippen molar-refractivity contribution in [2.75, 3.05) is 6.61 Å². The fourth-order valence-electron chi connectivity index (χ4n) is 2.61. The van der Waals surface area contributed by atoms with Gasteiger partial charge in [-0.1, -0.05) is 23.2 Å². The molecule has 1 aromatic carbocycles. The van der Waals surface area contributed by atoms with E-state index in [-0.39, 0.29) is 5.78 Å². The average Bonchev–Trinajstić information content (AvgIpc) is 2.95. The standard InChI is InChI=1S/C14H13Cl2NO2/c1-14(3-2-4-19-14)13(18)9-7-17-11-6-8(15)5-10(16)12(9)11/h5-7,17H,2-4H2,1H3. The number of H-pyrrole nitrogens is 1. The second-order valence-electron chi connectivity index (χ2n) is 5.02. The molecule has 0 amide bonds. The maximum atomic E-state index is 12.6. The number of rotatable bonds is 2. The topological polar surface area (TPSA) is 42.1 Å². The van der Waals surface area contributed by atoms with Gasteiger partial charge in [0.15, 0.2) is 5.78 Å². The van der Waals surface area contributed by atoms with Crippen LogP contribution in [0, 0.1) is 0 Å². The number of benzene rings is 1. The summed E-state index contributed by atoms with van der Waals surface area (Å²) in [5.74, 6) is -0.0273. The SMILES string of the molecule is CC1(C(=O)c2c[nH]c3cc(Cl)cc(Cl)c23)CCCO1. The van der Waals surface area contributed by atoms with Gasteiger partial charge in [0, 0.05) is 34.3 Å². The summed E-state index contributed by atoms with van der Waals surface area (Å²) in [6.45, 7) is 2.47. The van der Waals surface area contributed by atoms with Crippen LogP contribution in [0.2, 0.25) is 10.0 Å². The van der Waals surface area contributed by atoms with Crippen LogP contribution in [0.1, 0.15) is 30.1 Å². The van der Waals surface area contributed by atoms with Crippen molar-refractivity contribution in [3.8, 4) is 0 Å². The molecule has 3 rings (SSSR count). The predicted molar refractivity (Wildman–Crippen MR) is 76.2 cm³/mol. The summed E-state index contributed by atoms with van der Waals surface area (Å²) in [6, 6.07) is 3.41. The van der Waals surface area contributed by atoms with E-state index in [9.17, 15) is 4.79 Å². The van der Waals surface area contributed by atoms with E-state index in [1.807, 2.05) is 6.92 Å². The summed E-state index contributed by atoms with van der Waals surface area (Å²) in [5, 5.41) is 1.74. The number of aromatic nitrogens is 1. The highest BCUT2D eigenvalue weighted by Crippen LogP contribution is 2.35. The molecule has 1 fully saturated rings. The summed E-state index contributed by atoms with van der Waals surface area (Å²) < 4.78 is 5.61. The van der Waals surface area contributed by atoms with Crippen molar-refractivity contribution in [1.82, 2.24) is 4.98 Å². The van der Waals surface area contributed by atoms with Crippen molar-refractivity contribution >= 4 is 39.9 Å². The maximum Gasteiger partial charge on any atom is 0.196 e. The quantitative estimate of drug-likeness (QED) is 0.843. The van der Waals surface area contributed by atoms with Crippen LogP contribution in [-0.4, -0.2) is 23.0 Å². The third-order valence-corrected chi connectivity index (χ3v) is 4.16. The van der Waals surface area contributed by atoms with Gasteiger partial charge in [-0.15, -0.1) is 0 Å². The first kappa shape index (κ1) is 13.0. The molecular weight excluding hydrogens is 285 g/mol. The van der Waals surface area contributed by atoms with Crippen LogP contribution in [0.4, 0.5) is 0 Å². The first-order valence-electron chi connectivity index (χ1n) is 6.16. The normalized spacial score (nSPS) is 23.1. The van der Waals surface area contributed by atoms with Crippen LogP contribution in [0.15, 0.2) is 18.3 Å². The lowest BCUT2D eigenvalue weighted by atomic mass is 9.92. The molecule has 1 atom stereocenters. The van der Waals surface area contributed by atoms with Crippen LogP contribution in [0.3, 0.4) is 0 Å². The Labute approximate surface area is 120 Å². The zero-order valence-electron chi connectivity index (χ0n) is 10.4. The molecule has 0 saturated carbocycles. The van der Waals surface area contributed by atoms with Crippen molar-refractivity contribution in [1.29, 1.82) is 0 Å². The number of ketones is 1. The van der Waals surface area contributed by atoms with Gasteiger partial charge in [-0.05, 0) is 31.9 Å². The molecule has 1 aromatic heterocycles. The van der Waals surface area contributed by atoms with Gasteiger partial charge >= 0.3 is 0 Å². The molecule has 19 heavy (non-hydrogen) atoms. The van der Waals surface area contributed by atoms with Gasteiger partial charge in [0.25, 0.3) is 0 Å². The first-order chi connectivity index (χ1) is 9.01. The molecule has 1 N–H and O–H groups in total. The highest BCUT2D eigenvalue weighted by atomic mass is 35.5. The van der Waals surface area contributed by atoms with Crippen LogP contribution in [0.25, 0.3) is 10.9 Å². The third kappa shape index (κ3) is 2.06. The number of Topliss-reactive ketones (excluding diaryl/α,β-unsaturated/α-hetero) is 1. The lowest BCUT2D eigenvalue weighted by Gasteiger charge is -2.21. The molecule has 5 heteroatoms. The minimum Gasteiger partial charge on any atom is -0.367 e. The lowest BCUT2D eigenvalue weighted by molar-refractivity contribution is 0.0215. The molecule has 1 unspecified atom stereocenters. The number of aromatic amines is 1. The summed E-state index contributed by atoms with van der Waals surface area (Å²) in [7, 11) is 0. The molecule has 2 heterocycles. The molecule has 0 aliphatic carbocycles. The van der Waals surface area contributed by atoms with Gasteiger partial charge in [-0.25, -0.2) is 0 Å². The van der Waals surface area contributed by atoms with Gasteiger partial charge in [-0.2, -0.15) is 0 Å². The Hall–Kier alpha value is -1.03. The summed E-state index contributed by atoms with van der Waals surface area (Å²) in [6.07, 6.45) is 3.33. The minimum atomic E-state index is -0.738. The van der Waals surface area contributed by atoms with Gasteiger partial charge in [-0.3, -0.25) is 4.79 Å². The van der Waals surface area contributed by atoms with E-state index in [0.717, 1.165) is 18.4 Å². The number of halogens is 2. The van der Waals surface area contributed by atoms with Crippen molar-refractivity contribution in [3.05, 3.63) is 33.9 Å². The lowest BCUT2D eigenvalue weighted by Crippen LogP contribution is -2.34. The predicted octanol–water partition coefficient (Wildman–Crippen LogP) is 4.23. The first-order valence-corrected chi connectivity index (χ1v) is 6.92. The summed E-state index contributed by atoms with van der Waals surface area (Å²) in [5.41, 5.74) is 0.599. The molecule has 1 aliphatic heterocycles. The third-order valence-electron chi connectivity index (χ3n) is 3.64. The van der Waals surface area contributed by atoms with Gasteiger partial charge in [0.2, 0.25) is 0 Å². The van der Waals surface area contributed by atoms with Gasteiger partial charge in [0.1, 0.15) is 5.60 Å². The molecule has 1 saturated heterocycles. The molecule has 100 valence electrons. The maximum absolute atomic E-state index is 12.6. The number of carbonyl (C=O) groups is 1. The average molecular weight is 298 g/mol. The highest BCUT2D eigenvalue weighted by molar-refractivity contribution is 6.39. The number of carbonyl (C=O) groups excluding carboxylic acids is 1. The second-order valence-corrected chi connectivity index (χ2v) is 5.87. The fourth-order valence-corrected chi connectivity index (χ4v) is 3.20. The monoisotopic (exact) mass is 297 g/mol. The number of nitrogens with one attached hydrogen (secondary N) is 1. The second kappa shape index (κ2) is 4.51. The smallest absolute Gasteiger partial charge is 0.196 e. The Bertz CT molecular complexity index is 657. The zero-order chi connectivity index (χ0) is 13.6. The van der Waals surface area contributed by atoms with E-state index in [1.54, 1.807) is 18.3 Å². The van der Waals surface area contributed by atoms with Crippen LogP contribution in [0.5, 0.6) is 0 Å². The number of ether oxygens (including phenoxy) is 1. The molecule has 0 bridgehead atoms. The Morgan fingerprint density at radius 3 is 2.89 bits per heavy atom. The van der Waals surface area contributed by atoms with Crippen LogP contribution < -0.4 is 0 Å². The molecule has 0 radical (unpaired) electrons. The van der Waals surface area contributed by atoms with Crippen molar-refractivity contribution < 1.29 is 9.53 Å².